The minimum absolute atomic E-state index is 0.208. The molecule has 1 aliphatic heterocycles. The first kappa shape index (κ1) is 19.5. The summed E-state index contributed by atoms with van der Waals surface area (Å²) in [5.74, 6) is 2.43. The fourth-order valence-corrected chi connectivity index (χ4v) is 3.41. The van der Waals surface area contributed by atoms with Crippen LogP contribution >= 0.6 is 0 Å². The number of hydrogen-bond acceptors (Lipinski definition) is 6. The minimum Gasteiger partial charge on any atom is -0.493 e. The summed E-state index contributed by atoms with van der Waals surface area (Å²) in [5.41, 5.74) is 2.24. The summed E-state index contributed by atoms with van der Waals surface area (Å²) in [7, 11) is 7.40. The molecule has 3 rings (SSSR count). The van der Waals surface area contributed by atoms with Crippen LogP contribution in [0.25, 0.3) is 0 Å². The van der Waals surface area contributed by atoms with Crippen LogP contribution in [0.5, 0.6) is 17.2 Å². The van der Waals surface area contributed by atoms with Crippen LogP contribution in [-0.4, -0.2) is 62.3 Å². The first-order valence-corrected chi connectivity index (χ1v) is 9.27. The Balaban J connectivity index is 1.56. The highest BCUT2D eigenvalue weighted by molar-refractivity contribution is 5.42. The number of likely N-dealkylation sites (tertiary alicyclic amines) is 1. The molecule has 1 fully saturated rings. The molecule has 146 valence electrons. The highest BCUT2D eigenvalue weighted by Gasteiger charge is 2.24. The maximum Gasteiger partial charge on any atom is 0.161 e. The number of ether oxygens (including phenoxy) is 3. The summed E-state index contributed by atoms with van der Waals surface area (Å²) in [6.07, 6.45) is 3.06. The van der Waals surface area contributed by atoms with Gasteiger partial charge >= 0.3 is 0 Å². The third kappa shape index (κ3) is 5.34. The van der Waals surface area contributed by atoms with E-state index in [0.717, 1.165) is 55.5 Å². The Morgan fingerprint density at radius 1 is 1.11 bits per heavy atom. The SMILES string of the molecule is COc1ccc(CN2CCC(Oc3ccnc(CN(C)C)c3)C2)cc1OC. The second-order valence-corrected chi connectivity index (χ2v) is 7.17. The summed E-state index contributed by atoms with van der Waals surface area (Å²) >= 11 is 0. The Hall–Kier alpha value is -2.31. The zero-order valence-corrected chi connectivity index (χ0v) is 16.6. The van der Waals surface area contributed by atoms with Gasteiger partial charge in [0.05, 0.1) is 19.9 Å². The number of aromatic nitrogens is 1. The van der Waals surface area contributed by atoms with Crippen LogP contribution in [0.4, 0.5) is 0 Å². The molecule has 0 aliphatic carbocycles. The highest BCUT2D eigenvalue weighted by atomic mass is 16.5. The van der Waals surface area contributed by atoms with Gasteiger partial charge in [-0.25, -0.2) is 0 Å². The number of rotatable bonds is 8. The van der Waals surface area contributed by atoms with E-state index in [-0.39, 0.29) is 6.10 Å². The zero-order valence-electron chi connectivity index (χ0n) is 16.6. The molecule has 1 aromatic carbocycles. The highest BCUT2D eigenvalue weighted by Crippen LogP contribution is 2.29. The van der Waals surface area contributed by atoms with E-state index in [1.54, 1.807) is 14.2 Å². The average molecular weight is 371 g/mol. The molecule has 0 radical (unpaired) electrons. The Morgan fingerprint density at radius 2 is 1.93 bits per heavy atom. The van der Waals surface area contributed by atoms with Gasteiger partial charge in [-0.2, -0.15) is 0 Å². The monoisotopic (exact) mass is 371 g/mol. The Morgan fingerprint density at radius 3 is 2.67 bits per heavy atom. The summed E-state index contributed by atoms with van der Waals surface area (Å²) in [5, 5.41) is 0. The van der Waals surface area contributed by atoms with Crippen LogP contribution < -0.4 is 14.2 Å². The molecule has 0 bridgehead atoms. The van der Waals surface area contributed by atoms with E-state index in [0.29, 0.717) is 0 Å². The van der Waals surface area contributed by atoms with Crippen LogP contribution in [0.15, 0.2) is 36.5 Å². The largest absolute Gasteiger partial charge is 0.493 e. The average Bonchev–Trinajstić information content (AvgIpc) is 3.08. The van der Waals surface area contributed by atoms with Crippen molar-refractivity contribution in [3.05, 3.63) is 47.8 Å². The van der Waals surface area contributed by atoms with Crippen LogP contribution in [0.3, 0.4) is 0 Å². The fraction of sp³-hybridized carbons (Fsp3) is 0.476. The molecule has 1 aromatic heterocycles. The Bertz CT molecular complexity index is 751. The van der Waals surface area contributed by atoms with Crippen molar-refractivity contribution in [2.45, 2.75) is 25.6 Å². The van der Waals surface area contributed by atoms with E-state index in [4.69, 9.17) is 14.2 Å². The molecule has 2 aromatic rings. The molecule has 1 saturated heterocycles. The van der Waals surface area contributed by atoms with Gasteiger partial charge < -0.3 is 19.1 Å². The van der Waals surface area contributed by atoms with Crippen molar-refractivity contribution in [1.82, 2.24) is 14.8 Å². The van der Waals surface area contributed by atoms with Crippen LogP contribution in [0, 0.1) is 0 Å². The quantitative estimate of drug-likeness (QED) is 0.711. The second-order valence-electron chi connectivity index (χ2n) is 7.17. The maximum atomic E-state index is 6.20. The topological polar surface area (TPSA) is 47.1 Å². The van der Waals surface area contributed by atoms with E-state index in [2.05, 4.69) is 20.9 Å². The first-order chi connectivity index (χ1) is 13.1. The molecule has 1 atom stereocenters. The number of methoxy groups -OCH3 is 2. The second kappa shape index (κ2) is 9.06. The van der Waals surface area contributed by atoms with Crippen molar-refractivity contribution in [3.8, 4) is 17.2 Å². The van der Waals surface area contributed by atoms with Gasteiger partial charge in [-0.1, -0.05) is 6.07 Å². The molecule has 0 spiro atoms. The summed E-state index contributed by atoms with van der Waals surface area (Å²) in [6, 6.07) is 10.1. The van der Waals surface area contributed by atoms with E-state index >= 15 is 0 Å². The molecule has 2 heterocycles. The number of pyridine rings is 1. The minimum atomic E-state index is 0.208. The molecule has 6 nitrogen and oxygen atoms in total. The Kier molecular flexibility index (Phi) is 6.53. The molecule has 0 amide bonds. The lowest BCUT2D eigenvalue weighted by Crippen LogP contribution is -2.24. The van der Waals surface area contributed by atoms with Crippen molar-refractivity contribution >= 4 is 0 Å². The number of nitrogens with zero attached hydrogens (tertiary/aromatic N) is 3. The van der Waals surface area contributed by atoms with Crippen molar-refractivity contribution in [1.29, 1.82) is 0 Å². The van der Waals surface area contributed by atoms with E-state index < -0.39 is 0 Å². The van der Waals surface area contributed by atoms with Crippen molar-refractivity contribution < 1.29 is 14.2 Å². The third-order valence-corrected chi connectivity index (χ3v) is 4.65. The van der Waals surface area contributed by atoms with Crippen LogP contribution in [-0.2, 0) is 13.1 Å². The molecular formula is C21H29N3O3. The van der Waals surface area contributed by atoms with Gasteiger partial charge in [0.15, 0.2) is 11.5 Å². The van der Waals surface area contributed by atoms with Crippen LogP contribution in [0.2, 0.25) is 0 Å². The van der Waals surface area contributed by atoms with E-state index in [9.17, 15) is 0 Å². The number of hydrogen-bond donors (Lipinski definition) is 0. The smallest absolute Gasteiger partial charge is 0.161 e. The van der Waals surface area contributed by atoms with Gasteiger partial charge in [0, 0.05) is 38.4 Å². The van der Waals surface area contributed by atoms with E-state index in [1.807, 2.05) is 44.6 Å². The van der Waals surface area contributed by atoms with Gasteiger partial charge in [-0.05, 0) is 44.3 Å². The standard InChI is InChI=1S/C21H29N3O3/c1-23(2)14-17-12-18(7-9-22-17)27-19-8-10-24(15-19)13-16-5-6-20(25-3)21(11-16)26-4/h5-7,9,11-12,19H,8,10,13-15H2,1-4H3. The zero-order chi connectivity index (χ0) is 19.2. The maximum absolute atomic E-state index is 6.20. The Labute approximate surface area is 161 Å². The fourth-order valence-electron chi connectivity index (χ4n) is 3.41. The predicted molar refractivity (Wildman–Crippen MR) is 105 cm³/mol. The normalized spacial score (nSPS) is 17.3. The van der Waals surface area contributed by atoms with Gasteiger partial charge in [0.25, 0.3) is 0 Å². The summed E-state index contributed by atoms with van der Waals surface area (Å²) in [6.45, 7) is 3.63. The first-order valence-electron chi connectivity index (χ1n) is 9.27. The molecule has 1 aliphatic rings. The lowest BCUT2D eigenvalue weighted by Gasteiger charge is -2.18. The van der Waals surface area contributed by atoms with Gasteiger partial charge in [-0.3, -0.25) is 9.88 Å². The molecule has 0 saturated carbocycles. The van der Waals surface area contributed by atoms with Crippen LogP contribution in [0.1, 0.15) is 17.7 Å². The lowest BCUT2D eigenvalue weighted by molar-refractivity contribution is 0.198. The molecule has 27 heavy (non-hydrogen) atoms. The van der Waals surface area contributed by atoms with Gasteiger partial charge in [0.2, 0.25) is 0 Å². The van der Waals surface area contributed by atoms with Crippen molar-refractivity contribution in [3.63, 3.8) is 0 Å². The molecule has 6 heteroatoms. The molecule has 1 unspecified atom stereocenters. The molecular weight excluding hydrogens is 342 g/mol. The number of benzene rings is 1. The van der Waals surface area contributed by atoms with Crippen molar-refractivity contribution in [2.75, 3.05) is 41.4 Å². The summed E-state index contributed by atoms with van der Waals surface area (Å²) < 4.78 is 16.9. The van der Waals surface area contributed by atoms with Gasteiger partial charge in [-0.15, -0.1) is 0 Å². The lowest BCUT2D eigenvalue weighted by atomic mass is 10.2. The predicted octanol–water partition coefficient (Wildman–Crippen LogP) is 2.81. The molecule has 0 N–H and O–H groups in total. The van der Waals surface area contributed by atoms with Gasteiger partial charge in [0.1, 0.15) is 11.9 Å². The summed E-state index contributed by atoms with van der Waals surface area (Å²) in [4.78, 5) is 8.92. The third-order valence-electron chi connectivity index (χ3n) is 4.65. The van der Waals surface area contributed by atoms with Crippen molar-refractivity contribution in [2.24, 2.45) is 0 Å². The van der Waals surface area contributed by atoms with E-state index in [1.165, 1.54) is 5.56 Å².